The third-order valence-electron chi connectivity index (χ3n) is 15.0. The number of pyridine rings is 1. The summed E-state index contributed by atoms with van der Waals surface area (Å²) in [7, 11) is -4.12. The van der Waals surface area contributed by atoms with Gasteiger partial charge in [-0.25, -0.2) is 18.2 Å². The standard InChI is InChI=1S/C48H63F3N6O10S/c1-6-7-8-9-10-16-46-24-37(46)47(46,42(61)55-68(63,64)44(5)18-19-44)54-41(60)36-23-45(28-57(36)38(59)25-52-43(62)66-26-29(2)3)17-13-33-34-22-32(65-27-31-14-20-56(21-15-31)30(4)58)11-12-35(34)53-40(39(33)67-45)48(49,50)51/h10-12,16,22,29,31,36-37H,6-9,13-15,17-21,23-28H2,1-5H3,(H,52,62)(H,54,60)(H,55,61)/b16-10-/t36-,37?,45+,46-,47-/m0/s1. The number of benzene rings is 1. The number of alkyl carbamates (subject to hydrolysis) is 1. The number of amides is 5. The van der Waals surface area contributed by atoms with E-state index in [4.69, 9.17) is 14.2 Å². The Morgan fingerprint density at radius 1 is 1.06 bits per heavy atom. The van der Waals surface area contributed by atoms with Gasteiger partial charge in [0.2, 0.25) is 27.7 Å². The number of carbonyl (C=O) groups is 5. The van der Waals surface area contributed by atoms with E-state index in [1.165, 1.54) is 13.0 Å². The molecule has 4 heterocycles. The molecule has 3 aliphatic carbocycles. The van der Waals surface area contributed by atoms with E-state index < -0.39 is 91.3 Å². The minimum absolute atomic E-state index is 0.000696. The Hall–Kier alpha value is -5.14. The molecule has 8 rings (SSSR count). The van der Waals surface area contributed by atoms with Crippen LogP contribution >= 0.6 is 0 Å². The van der Waals surface area contributed by atoms with Crippen molar-refractivity contribution < 1.29 is 59.8 Å². The van der Waals surface area contributed by atoms with E-state index in [0.29, 0.717) is 56.5 Å². The molecule has 5 fully saturated rings. The van der Waals surface area contributed by atoms with Gasteiger partial charge in [-0.15, -0.1) is 0 Å². The molecule has 16 nitrogen and oxygen atoms in total. The van der Waals surface area contributed by atoms with Crippen LogP contribution in [0, 0.1) is 23.2 Å². The molecule has 1 aromatic carbocycles. The zero-order valence-electron chi connectivity index (χ0n) is 39.4. The van der Waals surface area contributed by atoms with Crippen LogP contribution in [0.5, 0.6) is 11.5 Å². The number of aromatic nitrogens is 1. The Morgan fingerprint density at radius 3 is 2.44 bits per heavy atom. The molecule has 5 amide bonds. The zero-order chi connectivity index (χ0) is 49.0. The Kier molecular flexibility index (Phi) is 13.3. The second kappa shape index (κ2) is 18.3. The lowest BCUT2D eigenvalue weighted by molar-refractivity contribution is -0.144. The largest absolute Gasteiger partial charge is 0.493 e. The van der Waals surface area contributed by atoms with Crippen LogP contribution in [-0.2, 0) is 46.5 Å². The lowest BCUT2D eigenvalue weighted by Gasteiger charge is -2.37. The van der Waals surface area contributed by atoms with Crippen LogP contribution in [0.1, 0.15) is 117 Å². The molecule has 0 bridgehead atoms. The quantitative estimate of drug-likeness (QED) is 0.125. The van der Waals surface area contributed by atoms with Crippen LogP contribution in [0.15, 0.2) is 30.4 Å². The summed E-state index contributed by atoms with van der Waals surface area (Å²) in [5.74, 6) is -2.80. The smallest absolute Gasteiger partial charge is 0.437 e. The van der Waals surface area contributed by atoms with Gasteiger partial charge in [-0.05, 0) is 94.7 Å². The molecule has 372 valence electrons. The molecule has 2 saturated heterocycles. The minimum Gasteiger partial charge on any atom is -0.493 e. The van der Waals surface area contributed by atoms with Crippen LogP contribution in [-0.4, -0.2) is 114 Å². The molecule has 3 N–H and O–H groups in total. The van der Waals surface area contributed by atoms with Crippen molar-refractivity contribution in [2.24, 2.45) is 23.2 Å². The van der Waals surface area contributed by atoms with Crippen molar-refractivity contribution in [1.82, 2.24) is 30.1 Å². The summed E-state index contributed by atoms with van der Waals surface area (Å²) in [6, 6.07) is 3.27. The van der Waals surface area contributed by atoms with Gasteiger partial charge in [0.25, 0.3) is 5.91 Å². The van der Waals surface area contributed by atoms with E-state index >= 15 is 0 Å². The number of ether oxygens (including phenoxy) is 3. The van der Waals surface area contributed by atoms with Crippen LogP contribution in [0.4, 0.5) is 18.0 Å². The molecule has 1 spiro atoms. The minimum atomic E-state index is -4.96. The first-order valence-electron chi connectivity index (χ1n) is 24.0. The van der Waals surface area contributed by atoms with Gasteiger partial charge in [-0.1, -0.05) is 45.8 Å². The molecular weight excluding hydrogens is 910 g/mol. The molecule has 6 aliphatic rings. The van der Waals surface area contributed by atoms with Gasteiger partial charge in [-0.2, -0.15) is 13.2 Å². The Balaban J connectivity index is 1.08. The Labute approximate surface area is 394 Å². The van der Waals surface area contributed by atoms with Crippen molar-refractivity contribution in [3.8, 4) is 11.5 Å². The highest BCUT2D eigenvalue weighted by molar-refractivity contribution is 7.91. The van der Waals surface area contributed by atoms with Crippen LogP contribution in [0.25, 0.3) is 10.9 Å². The van der Waals surface area contributed by atoms with Gasteiger partial charge in [-0.3, -0.25) is 23.9 Å². The number of hydrogen-bond acceptors (Lipinski definition) is 11. The van der Waals surface area contributed by atoms with E-state index in [9.17, 15) is 45.6 Å². The lowest BCUT2D eigenvalue weighted by Crippen LogP contribution is -2.61. The fourth-order valence-electron chi connectivity index (χ4n) is 10.3. The number of unbranched alkanes of at least 4 members (excludes halogenated alkanes) is 3. The zero-order valence-corrected chi connectivity index (χ0v) is 40.2. The van der Waals surface area contributed by atoms with E-state index in [1.54, 1.807) is 24.0 Å². The fraction of sp³-hybridized carbons (Fsp3) is 0.667. The number of carbonyl (C=O) groups excluding carboxylic acids is 5. The fourth-order valence-corrected chi connectivity index (χ4v) is 11.6. The lowest BCUT2D eigenvalue weighted by atomic mass is 9.86. The van der Waals surface area contributed by atoms with E-state index in [0.717, 1.165) is 37.0 Å². The number of likely N-dealkylation sites (tertiary alicyclic amines) is 2. The first kappa shape index (κ1) is 49.3. The third-order valence-corrected chi connectivity index (χ3v) is 17.2. The SMILES string of the molecule is CCCCC/C=C\[C@]12CC1[C@]2(NC(=O)[C@@H]1C[C@]2(CCc3c(c(C(F)(F)F)nc4ccc(OCC5CCN(C(C)=O)CC5)cc34)O2)CN1C(=O)CNC(=O)OCC(C)C)C(=O)NS(=O)(=O)C1(C)CC1. The maximum atomic E-state index is 15.0. The number of allylic oxidation sites excluding steroid dienone is 1. The molecular formula is C48H63F3N6O10S. The molecule has 2 aromatic rings. The molecule has 5 atom stereocenters. The number of piperidine rings is 1. The first-order valence-corrected chi connectivity index (χ1v) is 25.4. The summed E-state index contributed by atoms with van der Waals surface area (Å²) in [6.07, 6.45) is 4.12. The summed E-state index contributed by atoms with van der Waals surface area (Å²) >= 11 is 0. The van der Waals surface area contributed by atoms with Gasteiger partial charge in [0.1, 0.15) is 29.5 Å². The second-order valence-corrected chi connectivity index (χ2v) is 22.7. The highest BCUT2D eigenvalue weighted by Crippen LogP contribution is 2.83. The number of alkyl halides is 3. The first-order chi connectivity index (χ1) is 32.1. The highest BCUT2D eigenvalue weighted by Gasteiger charge is 2.92. The average Bonchev–Trinajstić information content (AvgIpc) is 4.25. The highest BCUT2D eigenvalue weighted by atomic mass is 32.2. The van der Waals surface area contributed by atoms with Crippen molar-refractivity contribution in [3.63, 3.8) is 0 Å². The van der Waals surface area contributed by atoms with Crippen molar-refractivity contribution in [1.29, 1.82) is 0 Å². The number of nitrogens with zero attached hydrogens (tertiary/aromatic N) is 3. The van der Waals surface area contributed by atoms with Gasteiger partial charge < -0.3 is 34.6 Å². The maximum Gasteiger partial charge on any atom is 0.437 e. The molecule has 20 heteroatoms. The van der Waals surface area contributed by atoms with Crippen molar-refractivity contribution in [2.75, 3.05) is 39.4 Å². The predicted molar refractivity (Wildman–Crippen MR) is 243 cm³/mol. The van der Waals surface area contributed by atoms with Crippen molar-refractivity contribution in [2.45, 2.75) is 140 Å². The third kappa shape index (κ3) is 9.46. The molecule has 1 unspecified atom stereocenters. The van der Waals surface area contributed by atoms with Crippen LogP contribution in [0.2, 0.25) is 0 Å². The Morgan fingerprint density at radius 2 is 1.79 bits per heavy atom. The average molecular weight is 973 g/mol. The number of hydrogen-bond donors (Lipinski definition) is 3. The maximum absolute atomic E-state index is 15.0. The number of aryl methyl sites for hydroxylation is 1. The molecule has 0 radical (unpaired) electrons. The number of halogens is 3. The summed E-state index contributed by atoms with van der Waals surface area (Å²) in [4.78, 5) is 74.6. The second-order valence-electron chi connectivity index (χ2n) is 20.5. The summed E-state index contributed by atoms with van der Waals surface area (Å²) in [6.45, 7) is 9.47. The normalized spacial score (nSPS) is 27.1. The van der Waals surface area contributed by atoms with Crippen molar-refractivity contribution in [3.05, 3.63) is 41.6 Å². The summed E-state index contributed by atoms with van der Waals surface area (Å²) in [5.41, 5.74) is -5.03. The van der Waals surface area contributed by atoms with Gasteiger partial charge in [0.15, 0.2) is 11.4 Å². The van der Waals surface area contributed by atoms with Gasteiger partial charge in [0, 0.05) is 48.7 Å². The molecule has 3 saturated carbocycles. The Bertz CT molecular complexity index is 2490. The van der Waals surface area contributed by atoms with E-state index in [1.807, 2.05) is 26.0 Å². The number of sulfonamides is 1. The molecule has 1 aromatic heterocycles. The number of fused-ring (bicyclic) bond motifs is 4. The monoisotopic (exact) mass is 972 g/mol. The van der Waals surface area contributed by atoms with Crippen LogP contribution < -0.4 is 24.8 Å². The topological polar surface area (TPSA) is 203 Å². The number of rotatable bonds is 17. The molecule has 68 heavy (non-hydrogen) atoms. The predicted octanol–water partition coefficient (Wildman–Crippen LogP) is 5.95. The van der Waals surface area contributed by atoms with Crippen molar-refractivity contribution >= 4 is 50.6 Å². The summed E-state index contributed by atoms with van der Waals surface area (Å²) in [5, 5.41) is 5.67. The summed E-state index contributed by atoms with van der Waals surface area (Å²) < 4.78 is 90.7. The van der Waals surface area contributed by atoms with Gasteiger partial charge >= 0.3 is 12.3 Å². The van der Waals surface area contributed by atoms with E-state index in [2.05, 4.69) is 27.3 Å². The van der Waals surface area contributed by atoms with E-state index in [-0.39, 0.29) is 61.2 Å². The molecule has 3 aliphatic heterocycles. The van der Waals surface area contributed by atoms with Gasteiger partial charge in [0.05, 0.1) is 30.0 Å². The number of nitrogens with one attached hydrogen (secondary N) is 3. The van der Waals surface area contributed by atoms with Crippen LogP contribution in [0.3, 0.4) is 0 Å².